The number of nitrogens with one attached hydrogen (secondary N) is 1. The lowest BCUT2D eigenvalue weighted by Crippen LogP contribution is -2.21. The van der Waals surface area contributed by atoms with E-state index in [9.17, 15) is 0 Å². The fraction of sp³-hybridized carbons (Fsp3) is 0.200. The van der Waals surface area contributed by atoms with Gasteiger partial charge in [-0.1, -0.05) is 61.0 Å². The topological polar surface area (TPSA) is 12.0 Å². The molecule has 0 bridgehead atoms. The third-order valence-corrected chi connectivity index (χ3v) is 2.96. The molecule has 0 amide bonds. The van der Waals surface area contributed by atoms with Crippen LogP contribution in [0.4, 0.5) is 0 Å². The van der Waals surface area contributed by atoms with E-state index < -0.39 is 0 Å². The molecule has 0 aliphatic rings. The maximum atomic E-state index is 6.05. The molecule has 1 unspecified atom stereocenters. The minimum absolute atomic E-state index is 0.208. The van der Waals surface area contributed by atoms with Crippen molar-refractivity contribution in [2.75, 3.05) is 6.54 Å². The summed E-state index contributed by atoms with van der Waals surface area (Å²) in [5.74, 6) is 0. The number of hydrogen-bond donors (Lipinski definition) is 1. The minimum atomic E-state index is 0.208. The molecule has 2 aromatic carbocycles. The SMILES string of the molecule is CCNC(c1ccccc1)c1cccc(Cl)c1. The highest BCUT2D eigenvalue weighted by atomic mass is 35.5. The van der Waals surface area contributed by atoms with Crippen LogP contribution in [0.3, 0.4) is 0 Å². The molecule has 0 aliphatic carbocycles. The van der Waals surface area contributed by atoms with Crippen molar-refractivity contribution in [3.05, 3.63) is 70.7 Å². The molecule has 17 heavy (non-hydrogen) atoms. The van der Waals surface area contributed by atoms with Gasteiger partial charge in [0.1, 0.15) is 0 Å². The zero-order valence-corrected chi connectivity index (χ0v) is 10.6. The highest BCUT2D eigenvalue weighted by molar-refractivity contribution is 6.30. The lowest BCUT2D eigenvalue weighted by atomic mass is 9.99. The first kappa shape index (κ1) is 12.2. The van der Waals surface area contributed by atoms with Crippen molar-refractivity contribution in [3.63, 3.8) is 0 Å². The predicted octanol–water partition coefficient (Wildman–Crippen LogP) is 4.04. The van der Waals surface area contributed by atoms with Gasteiger partial charge in [-0.25, -0.2) is 0 Å². The summed E-state index contributed by atoms with van der Waals surface area (Å²) in [6.45, 7) is 3.03. The molecular weight excluding hydrogens is 230 g/mol. The molecule has 0 saturated carbocycles. The Morgan fingerprint density at radius 3 is 2.35 bits per heavy atom. The zero-order valence-electron chi connectivity index (χ0n) is 9.86. The van der Waals surface area contributed by atoms with Gasteiger partial charge in [-0.3, -0.25) is 0 Å². The Morgan fingerprint density at radius 1 is 1.00 bits per heavy atom. The average Bonchev–Trinajstić information content (AvgIpc) is 2.37. The summed E-state index contributed by atoms with van der Waals surface area (Å²) in [6.07, 6.45) is 0. The van der Waals surface area contributed by atoms with Crippen LogP contribution < -0.4 is 5.32 Å². The van der Waals surface area contributed by atoms with Crippen LogP contribution in [0, 0.1) is 0 Å². The molecule has 2 rings (SSSR count). The highest BCUT2D eigenvalue weighted by Crippen LogP contribution is 2.24. The number of halogens is 1. The second kappa shape index (κ2) is 5.85. The Kier molecular flexibility index (Phi) is 4.18. The predicted molar refractivity (Wildman–Crippen MR) is 73.4 cm³/mol. The van der Waals surface area contributed by atoms with Gasteiger partial charge in [0.05, 0.1) is 6.04 Å². The summed E-state index contributed by atoms with van der Waals surface area (Å²) in [4.78, 5) is 0. The van der Waals surface area contributed by atoms with Gasteiger partial charge in [0, 0.05) is 5.02 Å². The molecule has 0 saturated heterocycles. The Balaban J connectivity index is 2.35. The molecule has 0 aliphatic heterocycles. The molecule has 2 aromatic rings. The fourth-order valence-electron chi connectivity index (χ4n) is 1.96. The van der Waals surface area contributed by atoms with E-state index in [1.165, 1.54) is 11.1 Å². The molecule has 1 atom stereocenters. The second-order valence-electron chi connectivity index (χ2n) is 3.96. The lowest BCUT2D eigenvalue weighted by Gasteiger charge is -2.19. The Hall–Kier alpha value is -1.31. The van der Waals surface area contributed by atoms with Crippen LogP contribution in [-0.4, -0.2) is 6.54 Å². The summed E-state index contributed by atoms with van der Waals surface area (Å²) < 4.78 is 0. The molecule has 0 aromatic heterocycles. The van der Waals surface area contributed by atoms with Crippen molar-refractivity contribution in [2.24, 2.45) is 0 Å². The summed E-state index contributed by atoms with van der Waals surface area (Å²) in [5.41, 5.74) is 2.46. The first-order valence-electron chi connectivity index (χ1n) is 5.85. The van der Waals surface area contributed by atoms with Crippen molar-refractivity contribution < 1.29 is 0 Å². The number of rotatable bonds is 4. The van der Waals surface area contributed by atoms with Gasteiger partial charge < -0.3 is 5.32 Å². The third-order valence-electron chi connectivity index (χ3n) is 2.72. The van der Waals surface area contributed by atoms with Crippen LogP contribution in [0.2, 0.25) is 5.02 Å². The van der Waals surface area contributed by atoms with Crippen LogP contribution in [0.5, 0.6) is 0 Å². The van der Waals surface area contributed by atoms with Crippen molar-refractivity contribution >= 4 is 11.6 Å². The maximum absolute atomic E-state index is 6.05. The van der Waals surface area contributed by atoms with E-state index in [0.29, 0.717) is 0 Å². The van der Waals surface area contributed by atoms with Gasteiger partial charge in [0.15, 0.2) is 0 Å². The first-order valence-corrected chi connectivity index (χ1v) is 6.23. The molecule has 2 heteroatoms. The Morgan fingerprint density at radius 2 is 1.71 bits per heavy atom. The molecule has 1 N–H and O–H groups in total. The third kappa shape index (κ3) is 3.09. The van der Waals surface area contributed by atoms with Gasteiger partial charge >= 0.3 is 0 Å². The standard InChI is InChI=1S/C15H16ClN/c1-2-17-15(12-7-4-3-5-8-12)13-9-6-10-14(16)11-13/h3-11,15,17H,2H2,1H3. The largest absolute Gasteiger partial charge is 0.307 e. The van der Waals surface area contributed by atoms with E-state index in [2.05, 4.69) is 42.6 Å². The molecule has 0 fully saturated rings. The van der Waals surface area contributed by atoms with Crippen molar-refractivity contribution in [2.45, 2.75) is 13.0 Å². The molecular formula is C15H16ClN. The van der Waals surface area contributed by atoms with Crippen molar-refractivity contribution in [3.8, 4) is 0 Å². The van der Waals surface area contributed by atoms with Gasteiger partial charge in [0.2, 0.25) is 0 Å². The second-order valence-corrected chi connectivity index (χ2v) is 4.39. The molecule has 0 radical (unpaired) electrons. The fourth-order valence-corrected chi connectivity index (χ4v) is 2.16. The highest BCUT2D eigenvalue weighted by Gasteiger charge is 2.12. The van der Waals surface area contributed by atoms with E-state index in [4.69, 9.17) is 11.6 Å². The molecule has 88 valence electrons. The smallest absolute Gasteiger partial charge is 0.0577 e. The van der Waals surface area contributed by atoms with Crippen molar-refractivity contribution in [1.82, 2.24) is 5.32 Å². The quantitative estimate of drug-likeness (QED) is 0.857. The molecule has 0 spiro atoms. The van der Waals surface area contributed by atoms with Crippen LogP contribution in [0.15, 0.2) is 54.6 Å². The van der Waals surface area contributed by atoms with Gasteiger partial charge in [-0.15, -0.1) is 0 Å². The lowest BCUT2D eigenvalue weighted by molar-refractivity contribution is 0.631. The van der Waals surface area contributed by atoms with Gasteiger partial charge in [0.25, 0.3) is 0 Å². The van der Waals surface area contributed by atoms with Gasteiger partial charge in [-0.05, 0) is 29.8 Å². The van der Waals surface area contributed by atoms with E-state index in [0.717, 1.165) is 11.6 Å². The Bertz CT molecular complexity index is 467. The van der Waals surface area contributed by atoms with Crippen molar-refractivity contribution in [1.29, 1.82) is 0 Å². The number of benzene rings is 2. The molecule has 0 heterocycles. The summed E-state index contributed by atoms with van der Waals surface area (Å²) in [6, 6.07) is 18.6. The van der Waals surface area contributed by atoms with E-state index in [1.54, 1.807) is 0 Å². The molecule has 1 nitrogen and oxygen atoms in total. The summed E-state index contributed by atoms with van der Waals surface area (Å²) >= 11 is 6.05. The normalized spacial score (nSPS) is 12.4. The van der Waals surface area contributed by atoms with E-state index >= 15 is 0 Å². The van der Waals surface area contributed by atoms with E-state index in [1.807, 2.05) is 24.3 Å². The van der Waals surface area contributed by atoms with Crippen LogP contribution in [0.25, 0.3) is 0 Å². The first-order chi connectivity index (χ1) is 8.31. The average molecular weight is 246 g/mol. The summed E-state index contributed by atoms with van der Waals surface area (Å²) in [7, 11) is 0. The van der Waals surface area contributed by atoms with Crippen LogP contribution in [0.1, 0.15) is 24.1 Å². The Labute approximate surface area is 107 Å². The van der Waals surface area contributed by atoms with E-state index in [-0.39, 0.29) is 6.04 Å². The zero-order chi connectivity index (χ0) is 12.1. The minimum Gasteiger partial charge on any atom is -0.307 e. The summed E-state index contributed by atoms with van der Waals surface area (Å²) in [5, 5.41) is 4.26. The van der Waals surface area contributed by atoms with Gasteiger partial charge in [-0.2, -0.15) is 0 Å². The maximum Gasteiger partial charge on any atom is 0.0577 e. The monoisotopic (exact) mass is 245 g/mol. The number of hydrogen-bond acceptors (Lipinski definition) is 1. The van der Waals surface area contributed by atoms with Crippen LogP contribution in [-0.2, 0) is 0 Å². The van der Waals surface area contributed by atoms with Crippen LogP contribution >= 0.6 is 11.6 Å².